The van der Waals surface area contributed by atoms with E-state index in [9.17, 15) is 14.4 Å². The van der Waals surface area contributed by atoms with Crippen LogP contribution in [0.3, 0.4) is 0 Å². The predicted molar refractivity (Wildman–Crippen MR) is 275 cm³/mol. The van der Waals surface area contributed by atoms with Gasteiger partial charge in [0.1, 0.15) is 13.2 Å². The van der Waals surface area contributed by atoms with Crippen molar-refractivity contribution in [2.45, 2.75) is 329 Å². The van der Waals surface area contributed by atoms with E-state index in [1.165, 1.54) is 218 Å². The number of unbranched alkanes of at least 4 members (excludes halogenated alkanes) is 40. The van der Waals surface area contributed by atoms with Gasteiger partial charge in [0.2, 0.25) is 0 Å². The van der Waals surface area contributed by atoms with Crippen molar-refractivity contribution >= 4 is 17.9 Å². The molecule has 0 unspecified atom stereocenters. The molecule has 0 bridgehead atoms. The quantitative estimate of drug-likeness (QED) is 0.0262. The molecule has 64 heavy (non-hydrogen) atoms. The molecule has 0 amide bonds. The first-order valence-corrected chi connectivity index (χ1v) is 28.7. The van der Waals surface area contributed by atoms with Crippen LogP contribution in [0.15, 0.2) is 12.2 Å². The van der Waals surface area contributed by atoms with Crippen LogP contribution in [-0.2, 0) is 28.6 Å². The first-order chi connectivity index (χ1) is 31.5. The Hall–Kier alpha value is -1.85. The minimum absolute atomic E-state index is 0.0676. The van der Waals surface area contributed by atoms with Crippen LogP contribution in [0, 0.1) is 0 Å². The fourth-order valence-corrected chi connectivity index (χ4v) is 8.68. The van der Waals surface area contributed by atoms with Gasteiger partial charge in [0.25, 0.3) is 0 Å². The van der Waals surface area contributed by atoms with E-state index in [1.54, 1.807) is 0 Å². The highest BCUT2D eigenvalue weighted by atomic mass is 16.6. The highest BCUT2D eigenvalue weighted by Crippen LogP contribution is 2.17. The molecular formula is C58H110O6. The minimum Gasteiger partial charge on any atom is -0.462 e. The zero-order chi connectivity index (χ0) is 46.5. The standard InChI is InChI=1S/C58H110O6/c1-4-7-10-13-16-19-22-25-26-27-28-29-30-31-32-34-36-39-42-45-48-51-57(60)63-54-55(53-62-56(59)50-47-44-41-38-35-24-21-18-15-12-9-6-3)64-58(61)52-49-46-43-40-37-33-23-20-17-14-11-8-5-2/h20,23,55H,4-19,21-22,24-54H2,1-3H3/b23-20-/t55-/m0/s1. The molecule has 0 saturated heterocycles. The Balaban J connectivity index is 4.23. The van der Waals surface area contributed by atoms with Crippen molar-refractivity contribution in [3.8, 4) is 0 Å². The fourth-order valence-electron chi connectivity index (χ4n) is 8.68. The van der Waals surface area contributed by atoms with Gasteiger partial charge in [-0.25, -0.2) is 0 Å². The van der Waals surface area contributed by atoms with Gasteiger partial charge in [-0.05, 0) is 44.9 Å². The second kappa shape index (κ2) is 53.8. The third-order valence-corrected chi connectivity index (χ3v) is 13.0. The normalized spacial score (nSPS) is 12.0. The first kappa shape index (κ1) is 62.1. The van der Waals surface area contributed by atoms with Gasteiger partial charge in [0.05, 0.1) is 0 Å². The third kappa shape index (κ3) is 51.1. The lowest BCUT2D eigenvalue weighted by atomic mass is 10.0. The van der Waals surface area contributed by atoms with E-state index >= 15 is 0 Å². The van der Waals surface area contributed by atoms with E-state index < -0.39 is 6.10 Å². The van der Waals surface area contributed by atoms with E-state index in [0.29, 0.717) is 19.3 Å². The van der Waals surface area contributed by atoms with Crippen molar-refractivity contribution in [2.75, 3.05) is 13.2 Å². The molecule has 378 valence electrons. The highest BCUT2D eigenvalue weighted by molar-refractivity contribution is 5.71. The highest BCUT2D eigenvalue weighted by Gasteiger charge is 2.19. The molecule has 0 fully saturated rings. The van der Waals surface area contributed by atoms with Crippen LogP contribution in [0.5, 0.6) is 0 Å². The van der Waals surface area contributed by atoms with Crippen LogP contribution in [0.4, 0.5) is 0 Å². The Morgan fingerprint density at radius 3 is 0.797 bits per heavy atom. The lowest BCUT2D eigenvalue weighted by Gasteiger charge is -2.18. The molecule has 0 saturated carbocycles. The summed E-state index contributed by atoms with van der Waals surface area (Å²) in [5.74, 6) is -0.855. The molecule has 0 aliphatic carbocycles. The van der Waals surface area contributed by atoms with E-state index in [2.05, 4.69) is 32.9 Å². The predicted octanol–water partition coefficient (Wildman–Crippen LogP) is 18.9. The van der Waals surface area contributed by atoms with Crippen molar-refractivity contribution in [1.82, 2.24) is 0 Å². The molecule has 0 aromatic carbocycles. The topological polar surface area (TPSA) is 78.9 Å². The number of ether oxygens (including phenoxy) is 3. The number of allylic oxidation sites excluding steroid dienone is 2. The van der Waals surface area contributed by atoms with Gasteiger partial charge in [-0.15, -0.1) is 0 Å². The maximum atomic E-state index is 12.8. The van der Waals surface area contributed by atoms with Crippen molar-refractivity contribution in [1.29, 1.82) is 0 Å². The number of esters is 3. The molecule has 0 aromatic heterocycles. The zero-order valence-electron chi connectivity index (χ0n) is 43.3. The number of hydrogen-bond acceptors (Lipinski definition) is 6. The van der Waals surface area contributed by atoms with Gasteiger partial charge in [-0.3, -0.25) is 14.4 Å². The minimum atomic E-state index is -0.768. The average Bonchev–Trinajstić information content (AvgIpc) is 3.29. The van der Waals surface area contributed by atoms with Crippen LogP contribution in [0.2, 0.25) is 0 Å². The third-order valence-electron chi connectivity index (χ3n) is 13.0. The monoisotopic (exact) mass is 903 g/mol. The average molecular weight is 904 g/mol. The molecule has 0 N–H and O–H groups in total. The summed E-state index contributed by atoms with van der Waals surface area (Å²) >= 11 is 0. The van der Waals surface area contributed by atoms with Gasteiger partial charge >= 0.3 is 17.9 Å². The molecule has 0 aliphatic rings. The van der Waals surface area contributed by atoms with Gasteiger partial charge in [0, 0.05) is 19.3 Å². The summed E-state index contributed by atoms with van der Waals surface area (Å²) in [5.41, 5.74) is 0. The summed E-state index contributed by atoms with van der Waals surface area (Å²) in [5, 5.41) is 0. The first-order valence-electron chi connectivity index (χ1n) is 28.7. The van der Waals surface area contributed by atoms with Crippen LogP contribution < -0.4 is 0 Å². The second-order valence-electron chi connectivity index (χ2n) is 19.6. The Morgan fingerprint density at radius 2 is 0.516 bits per heavy atom. The van der Waals surface area contributed by atoms with Crippen LogP contribution in [-0.4, -0.2) is 37.2 Å². The van der Waals surface area contributed by atoms with Gasteiger partial charge in [0.15, 0.2) is 6.10 Å². The smallest absolute Gasteiger partial charge is 0.306 e. The Kier molecular flexibility index (Phi) is 52.2. The van der Waals surface area contributed by atoms with Crippen molar-refractivity contribution < 1.29 is 28.6 Å². The van der Waals surface area contributed by atoms with Gasteiger partial charge < -0.3 is 14.2 Å². The molecule has 0 radical (unpaired) electrons. The Labute approximate surface area is 399 Å². The maximum absolute atomic E-state index is 12.8. The number of carbonyl (C=O) groups is 3. The molecule has 0 rings (SSSR count). The van der Waals surface area contributed by atoms with Crippen LogP contribution in [0.25, 0.3) is 0 Å². The molecule has 0 spiro atoms. The molecule has 6 nitrogen and oxygen atoms in total. The second-order valence-corrected chi connectivity index (χ2v) is 19.6. The van der Waals surface area contributed by atoms with Gasteiger partial charge in [-0.1, -0.05) is 270 Å². The van der Waals surface area contributed by atoms with Crippen molar-refractivity contribution in [3.05, 3.63) is 12.2 Å². The summed E-state index contributed by atoms with van der Waals surface area (Å²) in [6, 6.07) is 0. The Morgan fingerprint density at radius 1 is 0.297 bits per heavy atom. The molecule has 1 atom stereocenters. The molecule has 0 aromatic rings. The van der Waals surface area contributed by atoms with E-state index in [1.807, 2.05) is 0 Å². The number of rotatable bonds is 53. The summed E-state index contributed by atoms with van der Waals surface area (Å²) in [6.07, 6.45) is 60.6. The molecular weight excluding hydrogens is 793 g/mol. The Bertz CT molecular complexity index is 993. The van der Waals surface area contributed by atoms with Gasteiger partial charge in [-0.2, -0.15) is 0 Å². The SMILES string of the molecule is CCCCCC/C=C\CCCCCCCC(=O)O[C@@H](COC(=O)CCCCCCCCCCCCCC)COC(=O)CCCCCCCCCCCCCCCCCCCCCCC. The largest absolute Gasteiger partial charge is 0.462 e. The van der Waals surface area contributed by atoms with Crippen molar-refractivity contribution in [2.24, 2.45) is 0 Å². The molecule has 0 aliphatic heterocycles. The summed E-state index contributed by atoms with van der Waals surface area (Å²) in [4.78, 5) is 38.0. The summed E-state index contributed by atoms with van der Waals surface area (Å²) in [6.45, 7) is 6.67. The van der Waals surface area contributed by atoms with Crippen LogP contribution in [0.1, 0.15) is 323 Å². The van der Waals surface area contributed by atoms with E-state index in [0.717, 1.165) is 64.2 Å². The fraction of sp³-hybridized carbons (Fsp3) is 0.914. The zero-order valence-corrected chi connectivity index (χ0v) is 43.3. The van der Waals surface area contributed by atoms with E-state index in [-0.39, 0.29) is 31.1 Å². The maximum Gasteiger partial charge on any atom is 0.306 e. The molecule has 6 heteroatoms. The number of hydrogen-bond donors (Lipinski definition) is 0. The summed E-state index contributed by atoms with van der Waals surface area (Å²) < 4.78 is 16.8. The summed E-state index contributed by atoms with van der Waals surface area (Å²) in [7, 11) is 0. The lowest BCUT2D eigenvalue weighted by Crippen LogP contribution is -2.30. The van der Waals surface area contributed by atoms with E-state index in [4.69, 9.17) is 14.2 Å². The van der Waals surface area contributed by atoms with Crippen LogP contribution >= 0.6 is 0 Å². The number of carbonyl (C=O) groups excluding carboxylic acids is 3. The molecule has 0 heterocycles. The lowest BCUT2D eigenvalue weighted by molar-refractivity contribution is -0.167. The van der Waals surface area contributed by atoms with Crippen molar-refractivity contribution in [3.63, 3.8) is 0 Å².